The SMILES string of the molecule is COC[C@@H]1N=C(C(CCCCN(C)S(=O)(=O)c2ccccc2)C(C)C)O[C@H]1c1ccccc1. The summed E-state index contributed by atoms with van der Waals surface area (Å²) in [7, 11) is -0.117. The van der Waals surface area contributed by atoms with E-state index in [1.807, 2.05) is 24.3 Å². The first-order chi connectivity index (χ1) is 15.8. The molecule has 6 nitrogen and oxygen atoms in total. The van der Waals surface area contributed by atoms with Crippen LogP contribution >= 0.6 is 0 Å². The molecule has 0 fully saturated rings. The first kappa shape index (κ1) is 25.4. The number of ether oxygens (including phenoxy) is 2. The number of unbranched alkanes of at least 4 members (excludes halogenated alkanes) is 1. The molecule has 2 aromatic rings. The van der Waals surface area contributed by atoms with E-state index in [0.717, 1.165) is 30.7 Å². The van der Waals surface area contributed by atoms with Crippen LogP contribution in [0.1, 0.15) is 44.8 Å². The van der Waals surface area contributed by atoms with Gasteiger partial charge in [0.25, 0.3) is 0 Å². The van der Waals surface area contributed by atoms with Gasteiger partial charge in [0.15, 0.2) is 5.90 Å². The fourth-order valence-electron chi connectivity index (χ4n) is 4.21. The average Bonchev–Trinajstić information content (AvgIpc) is 3.23. The second-order valence-corrected chi connectivity index (χ2v) is 11.0. The smallest absolute Gasteiger partial charge is 0.242 e. The van der Waals surface area contributed by atoms with Crippen LogP contribution in [0.5, 0.6) is 0 Å². The molecule has 0 aliphatic carbocycles. The first-order valence-electron chi connectivity index (χ1n) is 11.6. The third kappa shape index (κ3) is 6.43. The van der Waals surface area contributed by atoms with Gasteiger partial charge in [0, 0.05) is 26.6 Å². The summed E-state index contributed by atoms with van der Waals surface area (Å²) in [5, 5.41) is 0. The van der Waals surface area contributed by atoms with E-state index < -0.39 is 10.0 Å². The number of hydrogen-bond donors (Lipinski definition) is 0. The lowest BCUT2D eigenvalue weighted by Gasteiger charge is -2.23. The Balaban J connectivity index is 1.59. The van der Waals surface area contributed by atoms with Crippen molar-refractivity contribution in [1.82, 2.24) is 4.31 Å². The van der Waals surface area contributed by atoms with E-state index in [1.165, 1.54) is 4.31 Å². The zero-order chi connectivity index (χ0) is 23.8. The lowest BCUT2D eigenvalue weighted by molar-refractivity contribution is 0.115. The number of benzene rings is 2. The Bertz CT molecular complexity index is 993. The Morgan fingerprint density at radius 1 is 1.03 bits per heavy atom. The summed E-state index contributed by atoms with van der Waals surface area (Å²) in [6.07, 6.45) is 2.44. The average molecular weight is 473 g/mol. The van der Waals surface area contributed by atoms with Crippen LogP contribution in [0.4, 0.5) is 0 Å². The maximum Gasteiger partial charge on any atom is 0.242 e. The molecule has 0 saturated heterocycles. The standard InChI is InChI=1S/C26H36N2O4S/c1-20(2)23(17-11-12-18-28(3)33(29,30)22-15-9-6-10-16-22)26-27-24(19-31-4)25(32-26)21-13-7-5-8-14-21/h5-10,13-16,20,23-25H,11-12,17-19H2,1-4H3/t23?,24-,25-/m0/s1. The molecule has 0 bridgehead atoms. The third-order valence-corrected chi connectivity index (χ3v) is 8.04. The van der Waals surface area contributed by atoms with E-state index in [1.54, 1.807) is 38.4 Å². The van der Waals surface area contributed by atoms with Crippen LogP contribution in [0, 0.1) is 11.8 Å². The molecule has 1 aliphatic heterocycles. The van der Waals surface area contributed by atoms with Gasteiger partial charge in [0.05, 0.1) is 11.5 Å². The predicted molar refractivity (Wildman–Crippen MR) is 132 cm³/mol. The summed E-state index contributed by atoms with van der Waals surface area (Å²) in [5.74, 6) is 1.35. The third-order valence-electron chi connectivity index (χ3n) is 6.17. The van der Waals surface area contributed by atoms with Crippen molar-refractivity contribution < 1.29 is 17.9 Å². The van der Waals surface area contributed by atoms with Crippen LogP contribution in [-0.4, -0.2) is 52.0 Å². The molecule has 0 aromatic heterocycles. The van der Waals surface area contributed by atoms with Crippen molar-refractivity contribution in [2.75, 3.05) is 27.3 Å². The number of rotatable bonds is 12. The summed E-state index contributed by atoms with van der Waals surface area (Å²) in [4.78, 5) is 5.24. The van der Waals surface area contributed by atoms with Gasteiger partial charge >= 0.3 is 0 Å². The quantitative estimate of drug-likeness (QED) is 0.411. The fraction of sp³-hybridized carbons (Fsp3) is 0.500. The predicted octanol–water partition coefficient (Wildman–Crippen LogP) is 4.93. The molecule has 0 saturated carbocycles. The van der Waals surface area contributed by atoms with Crippen LogP contribution in [0.2, 0.25) is 0 Å². The second-order valence-electron chi connectivity index (χ2n) is 8.93. The molecule has 0 N–H and O–H groups in total. The topological polar surface area (TPSA) is 68.2 Å². The molecule has 33 heavy (non-hydrogen) atoms. The van der Waals surface area contributed by atoms with Crippen molar-refractivity contribution in [2.24, 2.45) is 16.8 Å². The highest BCUT2D eigenvalue weighted by Crippen LogP contribution is 2.34. The number of methoxy groups -OCH3 is 1. The summed E-state index contributed by atoms with van der Waals surface area (Å²) >= 11 is 0. The van der Waals surface area contributed by atoms with Crippen molar-refractivity contribution in [2.45, 2.75) is 50.2 Å². The van der Waals surface area contributed by atoms with E-state index in [4.69, 9.17) is 14.5 Å². The van der Waals surface area contributed by atoms with E-state index in [2.05, 4.69) is 26.0 Å². The second kappa shape index (κ2) is 11.8. The highest BCUT2D eigenvalue weighted by molar-refractivity contribution is 7.89. The van der Waals surface area contributed by atoms with E-state index in [0.29, 0.717) is 24.0 Å². The maximum atomic E-state index is 12.7. The minimum absolute atomic E-state index is 0.0594. The molecular formula is C26H36N2O4S. The highest BCUT2D eigenvalue weighted by Gasteiger charge is 2.36. The fourth-order valence-corrected chi connectivity index (χ4v) is 5.45. The Labute approximate surface area is 198 Å². The van der Waals surface area contributed by atoms with Gasteiger partial charge < -0.3 is 9.47 Å². The van der Waals surface area contributed by atoms with Gasteiger partial charge in [-0.05, 0) is 36.5 Å². The normalized spacial score (nSPS) is 19.5. The van der Waals surface area contributed by atoms with Crippen molar-refractivity contribution in [3.8, 4) is 0 Å². The minimum atomic E-state index is -3.45. The Morgan fingerprint density at radius 3 is 2.27 bits per heavy atom. The molecule has 0 amide bonds. The van der Waals surface area contributed by atoms with Crippen LogP contribution in [0.3, 0.4) is 0 Å². The lowest BCUT2D eigenvalue weighted by Crippen LogP contribution is -2.28. The first-order valence-corrected chi connectivity index (χ1v) is 13.1. The molecule has 7 heteroatoms. The van der Waals surface area contributed by atoms with Crippen LogP contribution < -0.4 is 0 Å². The lowest BCUT2D eigenvalue weighted by atomic mass is 9.90. The van der Waals surface area contributed by atoms with Gasteiger partial charge in [-0.25, -0.2) is 17.7 Å². The largest absolute Gasteiger partial charge is 0.470 e. The molecule has 1 aliphatic rings. The molecule has 180 valence electrons. The molecular weight excluding hydrogens is 436 g/mol. The minimum Gasteiger partial charge on any atom is -0.470 e. The molecule has 3 atom stereocenters. The molecule has 1 unspecified atom stereocenters. The van der Waals surface area contributed by atoms with E-state index >= 15 is 0 Å². The highest BCUT2D eigenvalue weighted by atomic mass is 32.2. The van der Waals surface area contributed by atoms with Gasteiger partial charge in [0.2, 0.25) is 10.0 Å². The van der Waals surface area contributed by atoms with Crippen LogP contribution in [0.15, 0.2) is 70.6 Å². The van der Waals surface area contributed by atoms with Gasteiger partial charge in [0.1, 0.15) is 12.1 Å². The summed E-state index contributed by atoms with van der Waals surface area (Å²) in [5.41, 5.74) is 1.11. The van der Waals surface area contributed by atoms with Gasteiger partial charge in [-0.15, -0.1) is 0 Å². The van der Waals surface area contributed by atoms with Crippen LogP contribution in [0.25, 0.3) is 0 Å². The number of nitrogens with zero attached hydrogens (tertiary/aromatic N) is 2. The Kier molecular flexibility index (Phi) is 9.06. The Morgan fingerprint density at radius 2 is 1.67 bits per heavy atom. The summed E-state index contributed by atoms with van der Waals surface area (Å²) in [6, 6.07) is 18.7. The number of hydrogen-bond acceptors (Lipinski definition) is 5. The monoisotopic (exact) mass is 472 g/mol. The zero-order valence-electron chi connectivity index (χ0n) is 20.1. The Hall–Kier alpha value is -2.22. The zero-order valence-corrected chi connectivity index (χ0v) is 20.9. The van der Waals surface area contributed by atoms with E-state index in [9.17, 15) is 8.42 Å². The molecule has 3 rings (SSSR count). The van der Waals surface area contributed by atoms with Crippen LogP contribution in [-0.2, 0) is 19.5 Å². The maximum absolute atomic E-state index is 12.7. The molecule has 2 aromatic carbocycles. The van der Waals surface area contributed by atoms with Gasteiger partial charge in [-0.3, -0.25) is 0 Å². The summed E-state index contributed by atoms with van der Waals surface area (Å²) in [6.45, 7) is 5.36. The number of aliphatic imine (C=N–C) groups is 1. The van der Waals surface area contributed by atoms with E-state index in [-0.39, 0.29) is 18.1 Å². The van der Waals surface area contributed by atoms with Crippen molar-refractivity contribution in [3.63, 3.8) is 0 Å². The molecule has 0 radical (unpaired) electrons. The van der Waals surface area contributed by atoms with Crippen molar-refractivity contribution in [3.05, 3.63) is 66.2 Å². The summed E-state index contributed by atoms with van der Waals surface area (Å²) < 4.78 is 38.7. The van der Waals surface area contributed by atoms with Crippen molar-refractivity contribution >= 4 is 15.9 Å². The molecule has 1 heterocycles. The van der Waals surface area contributed by atoms with Gasteiger partial charge in [-0.1, -0.05) is 68.8 Å². The molecule has 0 spiro atoms. The van der Waals surface area contributed by atoms with Gasteiger partial charge in [-0.2, -0.15) is 0 Å². The number of sulfonamides is 1. The van der Waals surface area contributed by atoms with Crippen molar-refractivity contribution in [1.29, 1.82) is 0 Å².